The summed E-state index contributed by atoms with van der Waals surface area (Å²) in [6.07, 6.45) is 0. The number of sulfonamides is 1. The number of carbonyl (C=O) groups is 1. The Labute approximate surface area is 150 Å². The lowest BCUT2D eigenvalue weighted by Gasteiger charge is -2.12. The molecule has 0 aliphatic heterocycles. The van der Waals surface area contributed by atoms with E-state index in [-0.39, 0.29) is 33.5 Å². The van der Waals surface area contributed by atoms with Crippen molar-refractivity contribution in [3.8, 4) is 5.75 Å². The van der Waals surface area contributed by atoms with E-state index in [1.165, 1.54) is 37.4 Å². The molecule has 0 saturated carbocycles. The highest BCUT2D eigenvalue weighted by atomic mass is 35.5. The summed E-state index contributed by atoms with van der Waals surface area (Å²) in [5.74, 6) is -1.07. The minimum absolute atomic E-state index is 0.0951. The maximum absolute atomic E-state index is 13.2. The maximum atomic E-state index is 13.2. The number of methoxy groups -OCH3 is 1. The lowest BCUT2D eigenvalue weighted by Crippen LogP contribution is -2.24. The topological polar surface area (TPSA) is 84.5 Å². The van der Waals surface area contributed by atoms with Crippen molar-refractivity contribution in [3.63, 3.8) is 0 Å². The Bertz CT molecular complexity index is 903. The zero-order valence-corrected chi connectivity index (χ0v) is 15.0. The Morgan fingerprint density at radius 3 is 2.56 bits per heavy atom. The van der Waals surface area contributed by atoms with E-state index in [0.29, 0.717) is 0 Å². The fourth-order valence-electron chi connectivity index (χ4n) is 2.07. The van der Waals surface area contributed by atoms with Gasteiger partial charge >= 0.3 is 0 Å². The third-order valence-corrected chi connectivity index (χ3v) is 5.08. The Morgan fingerprint density at radius 2 is 1.96 bits per heavy atom. The van der Waals surface area contributed by atoms with Crippen LogP contribution in [0.4, 0.5) is 10.1 Å². The van der Waals surface area contributed by atoms with Crippen LogP contribution in [0.15, 0.2) is 41.3 Å². The Balaban J connectivity index is 2.35. The van der Waals surface area contributed by atoms with E-state index in [0.717, 1.165) is 6.07 Å². The van der Waals surface area contributed by atoms with Crippen molar-refractivity contribution >= 4 is 33.2 Å². The smallest absolute Gasteiger partial charge is 0.255 e. The van der Waals surface area contributed by atoms with Gasteiger partial charge in [0.1, 0.15) is 16.5 Å². The van der Waals surface area contributed by atoms with Crippen LogP contribution in [0.2, 0.25) is 5.02 Å². The minimum atomic E-state index is -3.82. The zero-order valence-electron chi connectivity index (χ0n) is 13.5. The second kappa shape index (κ2) is 7.81. The molecule has 6 nitrogen and oxygen atoms in total. The number of hydrogen-bond donors (Lipinski definition) is 2. The Hall–Kier alpha value is -2.16. The van der Waals surface area contributed by atoms with Gasteiger partial charge < -0.3 is 10.1 Å². The summed E-state index contributed by atoms with van der Waals surface area (Å²) in [5, 5.41) is 2.39. The van der Waals surface area contributed by atoms with Crippen molar-refractivity contribution < 1.29 is 22.3 Å². The first-order chi connectivity index (χ1) is 11.8. The molecule has 2 aromatic rings. The molecule has 0 radical (unpaired) electrons. The molecule has 25 heavy (non-hydrogen) atoms. The molecule has 0 aliphatic carbocycles. The molecule has 0 bridgehead atoms. The molecule has 0 aliphatic rings. The lowest BCUT2D eigenvalue weighted by molar-refractivity contribution is 0.102. The first-order valence-corrected chi connectivity index (χ1v) is 9.08. The third-order valence-electron chi connectivity index (χ3n) is 3.23. The highest BCUT2D eigenvalue weighted by Crippen LogP contribution is 2.26. The first-order valence-electron chi connectivity index (χ1n) is 7.22. The van der Waals surface area contributed by atoms with Gasteiger partial charge in [0.05, 0.1) is 12.1 Å². The van der Waals surface area contributed by atoms with Crippen LogP contribution >= 0.6 is 11.6 Å². The highest BCUT2D eigenvalue weighted by Gasteiger charge is 2.21. The number of carbonyl (C=O) groups excluding carboxylic acids is 1. The van der Waals surface area contributed by atoms with Crippen molar-refractivity contribution in [1.82, 2.24) is 4.72 Å². The van der Waals surface area contributed by atoms with Crippen molar-refractivity contribution in [2.24, 2.45) is 0 Å². The third kappa shape index (κ3) is 4.47. The number of benzene rings is 2. The van der Waals surface area contributed by atoms with E-state index >= 15 is 0 Å². The SMILES string of the molecule is CCNS(=O)(=O)c1cc(C(=O)Nc2ccc(F)c(Cl)c2)ccc1OC. The summed E-state index contributed by atoms with van der Waals surface area (Å²) in [4.78, 5) is 12.2. The normalized spacial score (nSPS) is 11.2. The maximum Gasteiger partial charge on any atom is 0.255 e. The highest BCUT2D eigenvalue weighted by molar-refractivity contribution is 7.89. The molecule has 0 atom stereocenters. The van der Waals surface area contributed by atoms with Gasteiger partial charge in [-0.1, -0.05) is 18.5 Å². The van der Waals surface area contributed by atoms with Gasteiger partial charge in [0, 0.05) is 17.8 Å². The number of hydrogen-bond acceptors (Lipinski definition) is 4. The molecule has 1 amide bonds. The number of halogens is 2. The molecule has 2 rings (SSSR count). The molecule has 9 heteroatoms. The molecular formula is C16H16ClFN2O4S. The Morgan fingerprint density at radius 1 is 1.24 bits per heavy atom. The summed E-state index contributed by atoms with van der Waals surface area (Å²) < 4.78 is 45.1. The number of nitrogens with one attached hydrogen (secondary N) is 2. The van der Waals surface area contributed by atoms with Crippen LogP contribution in [-0.2, 0) is 10.0 Å². The van der Waals surface area contributed by atoms with Gasteiger partial charge in [-0.15, -0.1) is 0 Å². The largest absolute Gasteiger partial charge is 0.495 e. The van der Waals surface area contributed by atoms with Crippen LogP contribution in [0, 0.1) is 5.82 Å². The van der Waals surface area contributed by atoms with E-state index in [1.807, 2.05) is 0 Å². The molecular weight excluding hydrogens is 371 g/mol. The van der Waals surface area contributed by atoms with Crippen LogP contribution in [0.5, 0.6) is 5.75 Å². The number of rotatable bonds is 6. The molecule has 2 N–H and O–H groups in total. The molecule has 0 spiro atoms. The van der Waals surface area contributed by atoms with Crippen LogP contribution in [0.3, 0.4) is 0 Å². The van der Waals surface area contributed by atoms with Crippen molar-refractivity contribution in [2.45, 2.75) is 11.8 Å². The summed E-state index contributed by atoms with van der Waals surface area (Å²) in [5.41, 5.74) is 0.376. The second-order valence-corrected chi connectivity index (χ2v) is 7.09. The van der Waals surface area contributed by atoms with Gasteiger partial charge in [0.25, 0.3) is 5.91 Å². The van der Waals surface area contributed by atoms with E-state index in [2.05, 4.69) is 10.0 Å². The van der Waals surface area contributed by atoms with Gasteiger partial charge in [0.2, 0.25) is 10.0 Å². The van der Waals surface area contributed by atoms with Crippen LogP contribution in [0.25, 0.3) is 0 Å². The van der Waals surface area contributed by atoms with Crippen molar-refractivity contribution in [3.05, 3.63) is 52.8 Å². The quantitative estimate of drug-likeness (QED) is 0.799. The number of ether oxygens (including phenoxy) is 1. The molecule has 2 aromatic carbocycles. The number of anilines is 1. The molecule has 134 valence electrons. The predicted molar refractivity (Wildman–Crippen MR) is 93.2 cm³/mol. The van der Waals surface area contributed by atoms with Gasteiger partial charge in [0.15, 0.2) is 0 Å². The minimum Gasteiger partial charge on any atom is -0.495 e. The van der Waals surface area contributed by atoms with E-state index in [1.54, 1.807) is 6.92 Å². The average Bonchev–Trinajstić information content (AvgIpc) is 2.57. The second-order valence-electron chi connectivity index (χ2n) is 4.95. The summed E-state index contributed by atoms with van der Waals surface area (Å²) >= 11 is 5.67. The van der Waals surface area contributed by atoms with Crippen LogP contribution < -0.4 is 14.8 Å². The van der Waals surface area contributed by atoms with E-state index in [9.17, 15) is 17.6 Å². The average molecular weight is 387 g/mol. The van der Waals surface area contributed by atoms with Gasteiger partial charge in [-0.2, -0.15) is 0 Å². The predicted octanol–water partition coefficient (Wildman–Crippen LogP) is 3.04. The lowest BCUT2D eigenvalue weighted by atomic mass is 10.2. The molecule has 0 unspecified atom stereocenters. The molecule has 0 aromatic heterocycles. The van der Waals surface area contributed by atoms with Crippen molar-refractivity contribution in [2.75, 3.05) is 19.0 Å². The molecule has 0 fully saturated rings. The van der Waals surface area contributed by atoms with E-state index in [4.69, 9.17) is 16.3 Å². The monoisotopic (exact) mass is 386 g/mol. The number of amides is 1. The van der Waals surface area contributed by atoms with Crippen LogP contribution in [-0.4, -0.2) is 28.0 Å². The first kappa shape index (κ1) is 19.2. The summed E-state index contributed by atoms with van der Waals surface area (Å²) in [6.45, 7) is 1.83. The van der Waals surface area contributed by atoms with Gasteiger partial charge in [-0.05, 0) is 36.4 Å². The van der Waals surface area contributed by atoms with Crippen molar-refractivity contribution in [1.29, 1.82) is 0 Å². The summed E-state index contributed by atoms with van der Waals surface area (Å²) in [7, 11) is -2.49. The Kier molecular flexibility index (Phi) is 5.99. The fraction of sp³-hybridized carbons (Fsp3) is 0.188. The van der Waals surface area contributed by atoms with Gasteiger partial charge in [-0.25, -0.2) is 17.5 Å². The zero-order chi connectivity index (χ0) is 18.6. The standard InChI is InChI=1S/C16H16ClFN2O4S/c1-3-19-25(22,23)15-8-10(4-7-14(15)24-2)16(21)20-11-5-6-13(18)12(17)9-11/h4-9,19H,3H2,1-2H3,(H,20,21). The van der Waals surface area contributed by atoms with Gasteiger partial charge in [-0.3, -0.25) is 4.79 Å². The molecule has 0 saturated heterocycles. The van der Waals surface area contributed by atoms with Crippen LogP contribution in [0.1, 0.15) is 17.3 Å². The van der Waals surface area contributed by atoms with E-state index < -0.39 is 21.7 Å². The summed E-state index contributed by atoms with van der Waals surface area (Å²) in [6, 6.07) is 7.74. The molecule has 0 heterocycles. The fourth-order valence-corrected chi connectivity index (χ4v) is 3.49.